The van der Waals surface area contributed by atoms with Gasteiger partial charge in [-0.05, 0) is 30.2 Å². The normalized spacial score (nSPS) is 10.3. The van der Waals surface area contributed by atoms with Crippen molar-refractivity contribution in [2.24, 2.45) is 5.92 Å². The molecule has 2 aromatic rings. The van der Waals surface area contributed by atoms with Gasteiger partial charge >= 0.3 is 0 Å². The monoisotopic (exact) mass is 269 g/mol. The van der Waals surface area contributed by atoms with Gasteiger partial charge in [-0.3, -0.25) is 4.79 Å². The molecule has 2 rings (SSSR count). The largest absolute Gasteiger partial charge is 0.354 e. The first-order valence-corrected chi connectivity index (χ1v) is 6.71. The van der Waals surface area contributed by atoms with Crippen LogP contribution >= 0.6 is 0 Å². The first kappa shape index (κ1) is 14.1. The van der Waals surface area contributed by atoms with Crippen LogP contribution < -0.4 is 10.6 Å². The van der Waals surface area contributed by atoms with E-state index >= 15 is 0 Å². The number of pyridine rings is 1. The maximum Gasteiger partial charge on any atom is 0.225 e. The number of para-hydroxylation sites is 1. The van der Waals surface area contributed by atoms with Crippen LogP contribution in [-0.2, 0) is 4.79 Å². The van der Waals surface area contributed by atoms with E-state index in [1.807, 2.05) is 50.2 Å². The van der Waals surface area contributed by atoms with E-state index in [2.05, 4.69) is 15.6 Å². The summed E-state index contributed by atoms with van der Waals surface area (Å²) in [5.41, 5.74) is 1.89. The number of rotatable bonds is 5. The van der Waals surface area contributed by atoms with Gasteiger partial charge in [0, 0.05) is 12.1 Å². The molecule has 0 atom stereocenters. The number of nitrogens with one attached hydrogen (secondary N) is 2. The maximum atomic E-state index is 11.6. The Balaban J connectivity index is 1.94. The fraction of sp³-hybridized carbons (Fsp3) is 0.250. The van der Waals surface area contributed by atoms with E-state index in [-0.39, 0.29) is 5.91 Å². The summed E-state index contributed by atoms with van der Waals surface area (Å²) in [4.78, 5) is 15.9. The first-order chi connectivity index (χ1) is 9.63. The third-order valence-electron chi connectivity index (χ3n) is 2.69. The van der Waals surface area contributed by atoms with Gasteiger partial charge in [0.05, 0.1) is 11.9 Å². The third-order valence-corrected chi connectivity index (χ3v) is 2.69. The number of hydrogen-bond acceptors (Lipinski definition) is 3. The lowest BCUT2D eigenvalue weighted by molar-refractivity contribution is -0.116. The van der Waals surface area contributed by atoms with Crippen LogP contribution in [0, 0.1) is 5.92 Å². The quantitative estimate of drug-likeness (QED) is 0.867. The van der Waals surface area contributed by atoms with Crippen LogP contribution in [0.4, 0.5) is 17.2 Å². The Kier molecular flexibility index (Phi) is 4.71. The van der Waals surface area contributed by atoms with E-state index < -0.39 is 0 Å². The second kappa shape index (κ2) is 6.70. The number of aromatic nitrogens is 1. The molecule has 0 aliphatic heterocycles. The molecule has 0 fully saturated rings. The molecule has 4 nitrogen and oxygen atoms in total. The Morgan fingerprint density at radius 3 is 2.45 bits per heavy atom. The van der Waals surface area contributed by atoms with Gasteiger partial charge in [-0.1, -0.05) is 32.0 Å². The van der Waals surface area contributed by atoms with Crippen LogP contribution in [0.15, 0.2) is 48.7 Å². The number of hydrogen-bond donors (Lipinski definition) is 2. The minimum atomic E-state index is -0.00346. The van der Waals surface area contributed by atoms with Gasteiger partial charge in [0.15, 0.2) is 0 Å². The van der Waals surface area contributed by atoms with Gasteiger partial charge in [-0.15, -0.1) is 0 Å². The SMILES string of the molecule is CC(C)CC(=O)Nc1ccc(Nc2ccccc2)cn1. The number of amides is 1. The predicted molar refractivity (Wildman–Crippen MR) is 82.0 cm³/mol. The highest BCUT2D eigenvalue weighted by Crippen LogP contribution is 2.16. The van der Waals surface area contributed by atoms with Gasteiger partial charge in [-0.25, -0.2) is 4.98 Å². The number of anilines is 3. The van der Waals surface area contributed by atoms with E-state index in [0.29, 0.717) is 18.2 Å². The van der Waals surface area contributed by atoms with Gasteiger partial charge in [-0.2, -0.15) is 0 Å². The molecule has 0 aliphatic carbocycles. The molecule has 20 heavy (non-hydrogen) atoms. The van der Waals surface area contributed by atoms with Crippen molar-refractivity contribution >= 4 is 23.1 Å². The van der Waals surface area contributed by atoms with Crippen molar-refractivity contribution < 1.29 is 4.79 Å². The topological polar surface area (TPSA) is 54.0 Å². The summed E-state index contributed by atoms with van der Waals surface area (Å²) in [5, 5.41) is 6.03. The molecule has 0 aliphatic rings. The third kappa shape index (κ3) is 4.39. The average molecular weight is 269 g/mol. The molecule has 0 saturated carbocycles. The maximum absolute atomic E-state index is 11.6. The molecular formula is C16H19N3O. The molecule has 1 aromatic heterocycles. The van der Waals surface area contributed by atoms with Crippen LogP contribution in [0.25, 0.3) is 0 Å². The highest BCUT2D eigenvalue weighted by molar-refractivity contribution is 5.89. The van der Waals surface area contributed by atoms with E-state index in [4.69, 9.17) is 0 Å². The zero-order valence-electron chi connectivity index (χ0n) is 11.8. The van der Waals surface area contributed by atoms with Crippen LogP contribution in [0.5, 0.6) is 0 Å². The fourth-order valence-electron chi connectivity index (χ4n) is 1.79. The van der Waals surface area contributed by atoms with Gasteiger partial charge in [0.2, 0.25) is 5.91 Å². The van der Waals surface area contributed by atoms with Gasteiger partial charge in [0.1, 0.15) is 5.82 Å². The first-order valence-electron chi connectivity index (χ1n) is 6.71. The van der Waals surface area contributed by atoms with Crippen molar-refractivity contribution in [1.82, 2.24) is 4.98 Å². The molecule has 0 saturated heterocycles. The summed E-state index contributed by atoms with van der Waals surface area (Å²) >= 11 is 0. The molecular weight excluding hydrogens is 250 g/mol. The van der Waals surface area contributed by atoms with Crippen LogP contribution in [0.3, 0.4) is 0 Å². The van der Waals surface area contributed by atoms with E-state index in [1.54, 1.807) is 12.3 Å². The highest BCUT2D eigenvalue weighted by Gasteiger charge is 2.05. The Morgan fingerprint density at radius 1 is 1.10 bits per heavy atom. The van der Waals surface area contributed by atoms with Crippen LogP contribution in [0.1, 0.15) is 20.3 Å². The minimum Gasteiger partial charge on any atom is -0.354 e. The van der Waals surface area contributed by atoms with Crippen molar-refractivity contribution in [1.29, 1.82) is 0 Å². The summed E-state index contributed by atoms with van der Waals surface area (Å²) in [6.07, 6.45) is 2.21. The summed E-state index contributed by atoms with van der Waals surface area (Å²) in [7, 11) is 0. The lowest BCUT2D eigenvalue weighted by atomic mass is 10.1. The average Bonchev–Trinajstić information content (AvgIpc) is 2.41. The highest BCUT2D eigenvalue weighted by atomic mass is 16.1. The van der Waals surface area contributed by atoms with Crippen molar-refractivity contribution in [3.63, 3.8) is 0 Å². The number of carbonyl (C=O) groups excluding carboxylic acids is 1. The number of carbonyl (C=O) groups is 1. The minimum absolute atomic E-state index is 0.00346. The Hall–Kier alpha value is -2.36. The molecule has 1 heterocycles. The molecule has 104 valence electrons. The van der Waals surface area contributed by atoms with Crippen LogP contribution in [-0.4, -0.2) is 10.9 Å². The molecule has 4 heteroatoms. The van der Waals surface area contributed by atoms with Crippen molar-refractivity contribution in [2.45, 2.75) is 20.3 Å². The van der Waals surface area contributed by atoms with Gasteiger partial charge < -0.3 is 10.6 Å². The molecule has 0 unspecified atom stereocenters. The van der Waals surface area contributed by atoms with E-state index in [0.717, 1.165) is 11.4 Å². The van der Waals surface area contributed by atoms with Gasteiger partial charge in [0.25, 0.3) is 0 Å². The smallest absolute Gasteiger partial charge is 0.225 e. The predicted octanol–water partition coefficient (Wildman–Crippen LogP) is 3.81. The van der Waals surface area contributed by atoms with E-state index in [1.165, 1.54) is 0 Å². The zero-order chi connectivity index (χ0) is 14.4. The zero-order valence-corrected chi connectivity index (χ0v) is 11.8. The second-order valence-corrected chi connectivity index (χ2v) is 5.07. The summed E-state index contributed by atoms with van der Waals surface area (Å²) in [6, 6.07) is 13.6. The van der Waals surface area contributed by atoms with Crippen molar-refractivity contribution in [2.75, 3.05) is 10.6 Å². The lowest BCUT2D eigenvalue weighted by Crippen LogP contribution is -2.14. The Morgan fingerprint density at radius 2 is 1.85 bits per heavy atom. The second-order valence-electron chi connectivity index (χ2n) is 5.07. The molecule has 0 radical (unpaired) electrons. The van der Waals surface area contributed by atoms with Crippen molar-refractivity contribution in [3.05, 3.63) is 48.7 Å². The molecule has 2 N–H and O–H groups in total. The molecule has 0 spiro atoms. The van der Waals surface area contributed by atoms with Crippen molar-refractivity contribution in [3.8, 4) is 0 Å². The Labute approximate surface area is 119 Å². The van der Waals surface area contributed by atoms with Crippen LogP contribution in [0.2, 0.25) is 0 Å². The molecule has 1 amide bonds. The summed E-state index contributed by atoms with van der Waals surface area (Å²) < 4.78 is 0. The summed E-state index contributed by atoms with van der Waals surface area (Å²) in [6.45, 7) is 4.03. The number of benzene rings is 1. The summed E-state index contributed by atoms with van der Waals surface area (Å²) in [5.74, 6) is 0.916. The number of nitrogens with zero attached hydrogens (tertiary/aromatic N) is 1. The standard InChI is InChI=1S/C16H19N3O/c1-12(2)10-16(20)19-15-9-8-14(11-17-15)18-13-6-4-3-5-7-13/h3-9,11-12,18H,10H2,1-2H3,(H,17,19,20). The Bertz CT molecular complexity index is 550. The fourth-order valence-corrected chi connectivity index (χ4v) is 1.79. The van der Waals surface area contributed by atoms with E-state index in [9.17, 15) is 4.79 Å². The molecule has 1 aromatic carbocycles. The molecule has 0 bridgehead atoms. The lowest BCUT2D eigenvalue weighted by Gasteiger charge is -2.08.